The lowest BCUT2D eigenvalue weighted by Gasteiger charge is -2.41. The number of nitrogens with one attached hydrogen (secondary N) is 1. The van der Waals surface area contributed by atoms with Crippen molar-refractivity contribution in [3.63, 3.8) is 0 Å². The average Bonchev–Trinajstić information content (AvgIpc) is 2.87. The van der Waals surface area contributed by atoms with Crippen molar-refractivity contribution in [3.8, 4) is 5.75 Å². The molecule has 0 amide bonds. The number of halogens is 1. The smallest absolute Gasteiger partial charge is 0.301 e. The number of carbonyl (C=O) groups excluding carboxylic acids is 1. The summed E-state index contributed by atoms with van der Waals surface area (Å²) in [4.78, 5) is 24.3. The van der Waals surface area contributed by atoms with E-state index < -0.39 is 6.04 Å². The largest absolute Gasteiger partial charge is 0.495 e. The van der Waals surface area contributed by atoms with Crippen LogP contribution in [0.3, 0.4) is 0 Å². The molecule has 3 heterocycles. The van der Waals surface area contributed by atoms with E-state index in [1.807, 2.05) is 20.0 Å². The minimum Gasteiger partial charge on any atom is -0.495 e. The van der Waals surface area contributed by atoms with E-state index in [0.29, 0.717) is 23.8 Å². The highest BCUT2D eigenvalue weighted by Crippen LogP contribution is 2.26. The molecule has 0 aliphatic carbocycles. The first kappa shape index (κ1) is 34.9. The summed E-state index contributed by atoms with van der Waals surface area (Å²) in [7, 11) is 1.59. The van der Waals surface area contributed by atoms with Crippen LogP contribution in [0, 0.1) is 6.92 Å². The molecule has 8 nitrogen and oxygen atoms in total. The molecule has 0 radical (unpaired) electrons. The van der Waals surface area contributed by atoms with E-state index in [1.54, 1.807) is 39.3 Å². The summed E-state index contributed by atoms with van der Waals surface area (Å²) in [5.41, 5.74) is 9.57. The molecule has 0 saturated carbocycles. The third-order valence-electron chi connectivity index (χ3n) is 5.35. The highest BCUT2D eigenvalue weighted by molar-refractivity contribution is 5.79. The highest BCUT2D eigenvalue weighted by atomic mass is 19.1. The van der Waals surface area contributed by atoms with Crippen molar-refractivity contribution in [3.05, 3.63) is 41.9 Å². The van der Waals surface area contributed by atoms with Crippen LogP contribution in [-0.2, 0) is 11.2 Å². The van der Waals surface area contributed by atoms with Gasteiger partial charge in [0.05, 0.1) is 19.1 Å². The summed E-state index contributed by atoms with van der Waals surface area (Å²) in [6.45, 7) is 19.6. The van der Waals surface area contributed by atoms with Gasteiger partial charge >= 0.3 is 6.04 Å². The summed E-state index contributed by atoms with van der Waals surface area (Å²) >= 11 is 0. The lowest BCUT2D eigenvalue weighted by atomic mass is 9.99. The molecule has 3 rings (SSSR count). The van der Waals surface area contributed by atoms with Crippen LogP contribution in [0.1, 0.15) is 79.0 Å². The van der Waals surface area contributed by atoms with Crippen LogP contribution >= 0.6 is 0 Å². The maximum Gasteiger partial charge on any atom is 0.301 e. The number of anilines is 1. The van der Waals surface area contributed by atoms with Gasteiger partial charge in [0.15, 0.2) is 5.82 Å². The predicted molar refractivity (Wildman–Crippen MR) is 157 cm³/mol. The number of aliphatic imine (C=N–C) groups is 1. The lowest BCUT2D eigenvalue weighted by molar-refractivity contribution is -0.129. The average molecular weight is 533 g/mol. The van der Waals surface area contributed by atoms with Crippen LogP contribution in [0.5, 0.6) is 5.75 Å². The molecule has 0 unspecified atom stereocenters. The Morgan fingerprint density at radius 1 is 1.21 bits per heavy atom. The predicted octanol–water partition coefficient (Wildman–Crippen LogP) is 5.94. The van der Waals surface area contributed by atoms with Gasteiger partial charge in [0.25, 0.3) is 0 Å². The molecule has 1 fully saturated rings. The Morgan fingerprint density at radius 2 is 1.89 bits per heavy atom. The second-order valence-corrected chi connectivity index (χ2v) is 9.29. The lowest BCUT2D eigenvalue weighted by Crippen LogP contribution is -2.57. The molecule has 214 valence electrons. The normalized spacial score (nSPS) is 14.1. The molecular weight excluding hydrogens is 483 g/mol. The summed E-state index contributed by atoms with van der Waals surface area (Å²) in [5.74, 6) is 1.80. The van der Waals surface area contributed by atoms with E-state index in [9.17, 15) is 9.18 Å². The monoisotopic (exact) mass is 532 g/mol. The van der Waals surface area contributed by atoms with Gasteiger partial charge in [-0.15, -0.1) is 0 Å². The molecule has 2 aromatic heterocycles. The summed E-state index contributed by atoms with van der Waals surface area (Å²) in [5, 5.41) is 3.57. The molecule has 38 heavy (non-hydrogen) atoms. The molecule has 1 saturated heterocycles. The number of aromatic nitrogens is 2. The number of nitrogens with two attached hydrogens (primary N) is 1. The molecule has 2 aromatic rings. The van der Waals surface area contributed by atoms with E-state index in [0.717, 1.165) is 26.1 Å². The first-order chi connectivity index (χ1) is 18.0. The van der Waals surface area contributed by atoms with Gasteiger partial charge in [-0.3, -0.25) is 9.78 Å². The molecular formula is C29H49FN6O2. The number of pyridine rings is 2. The van der Waals surface area contributed by atoms with Gasteiger partial charge in [-0.05, 0) is 64.3 Å². The van der Waals surface area contributed by atoms with Gasteiger partial charge in [0.2, 0.25) is 0 Å². The van der Waals surface area contributed by atoms with Crippen molar-refractivity contribution < 1.29 is 13.9 Å². The zero-order chi connectivity index (χ0) is 29.1. The van der Waals surface area contributed by atoms with Crippen LogP contribution in [-0.4, -0.2) is 54.1 Å². The zero-order valence-corrected chi connectivity index (χ0v) is 24.9. The van der Waals surface area contributed by atoms with Crippen molar-refractivity contribution in [2.24, 2.45) is 10.7 Å². The number of nitrogens with zero attached hydrogens (tertiary/aromatic N) is 4. The SMILES string of the molecule is CC.CCCC(=O)F.CCCc1c(N2CCNC(C)(C)C2)ccnc1C.COc1ccc(N=C(C)N)nc1. The first-order valence-corrected chi connectivity index (χ1v) is 13.5. The zero-order valence-electron chi connectivity index (χ0n) is 24.9. The summed E-state index contributed by atoms with van der Waals surface area (Å²) < 4.78 is 16.0. The molecule has 1 aliphatic rings. The second-order valence-electron chi connectivity index (χ2n) is 9.29. The fraction of sp³-hybridized carbons (Fsp3) is 0.586. The van der Waals surface area contributed by atoms with E-state index in [2.05, 4.69) is 58.9 Å². The Labute approximate surface area is 229 Å². The van der Waals surface area contributed by atoms with Crippen LogP contribution in [0.2, 0.25) is 0 Å². The van der Waals surface area contributed by atoms with E-state index in [4.69, 9.17) is 10.5 Å². The number of ether oxygens (including phenoxy) is 1. The fourth-order valence-electron chi connectivity index (χ4n) is 3.72. The van der Waals surface area contributed by atoms with Gasteiger partial charge in [-0.2, -0.15) is 4.39 Å². The number of amidine groups is 1. The van der Waals surface area contributed by atoms with Crippen molar-refractivity contribution in [1.29, 1.82) is 0 Å². The molecule has 0 aromatic carbocycles. The minimum atomic E-state index is -1.21. The number of carbonyl (C=O) groups is 1. The molecule has 0 bridgehead atoms. The molecule has 3 N–H and O–H groups in total. The molecule has 1 aliphatic heterocycles. The van der Waals surface area contributed by atoms with Crippen LogP contribution < -0.4 is 20.7 Å². The highest BCUT2D eigenvalue weighted by Gasteiger charge is 2.27. The number of aryl methyl sites for hydroxylation is 1. The second kappa shape index (κ2) is 19.1. The van der Waals surface area contributed by atoms with Gasteiger partial charge in [-0.1, -0.05) is 34.1 Å². The van der Waals surface area contributed by atoms with E-state index in [1.165, 1.54) is 23.4 Å². The molecule has 0 spiro atoms. The first-order valence-electron chi connectivity index (χ1n) is 13.5. The van der Waals surface area contributed by atoms with Crippen molar-refractivity contribution in [2.45, 2.75) is 86.6 Å². The Balaban J connectivity index is 0.000000590. The van der Waals surface area contributed by atoms with Crippen molar-refractivity contribution >= 4 is 23.4 Å². The number of hydrogen-bond acceptors (Lipinski definition) is 7. The summed E-state index contributed by atoms with van der Waals surface area (Å²) in [6.07, 6.45) is 6.52. The maximum absolute atomic E-state index is 11.1. The van der Waals surface area contributed by atoms with E-state index in [-0.39, 0.29) is 12.0 Å². The van der Waals surface area contributed by atoms with Gasteiger partial charge in [-0.25, -0.2) is 9.98 Å². The molecule has 9 heteroatoms. The summed E-state index contributed by atoms with van der Waals surface area (Å²) in [6, 6.07) is 4.50. The number of methoxy groups -OCH3 is 1. The standard InChI is InChI=1S/C15H25N3.C8H11N3O.C4H7FO.C2H6/c1-5-6-13-12(2)16-8-7-14(13)18-10-9-17-15(3,4)11-18;1-6(9)11-8-4-3-7(12-2)5-10-8;1-2-3-4(5)6;1-2/h7-8,17H,5-6,9-11H2,1-4H3;3-5H,1-2H3,(H2,9,10,11);2-3H2,1H3;1-2H3. The Hall–Kier alpha value is -3.07. The van der Waals surface area contributed by atoms with Crippen LogP contribution in [0.25, 0.3) is 0 Å². The number of hydrogen-bond donors (Lipinski definition) is 2. The quantitative estimate of drug-likeness (QED) is 0.258. The number of piperazine rings is 1. The fourth-order valence-corrected chi connectivity index (χ4v) is 3.72. The topological polar surface area (TPSA) is 106 Å². The van der Waals surface area contributed by atoms with Crippen molar-refractivity contribution in [2.75, 3.05) is 31.6 Å². The maximum atomic E-state index is 11.1. The minimum absolute atomic E-state index is 0.0694. The van der Waals surface area contributed by atoms with Crippen LogP contribution in [0.15, 0.2) is 35.6 Å². The Bertz CT molecular complexity index is 960. The van der Waals surface area contributed by atoms with Crippen LogP contribution in [0.4, 0.5) is 15.9 Å². The third-order valence-corrected chi connectivity index (χ3v) is 5.35. The Morgan fingerprint density at radius 3 is 2.34 bits per heavy atom. The molecule has 0 atom stereocenters. The number of rotatable bonds is 7. The van der Waals surface area contributed by atoms with E-state index >= 15 is 0 Å². The Kier molecular flexibility index (Phi) is 17.5. The van der Waals surface area contributed by atoms with Gasteiger partial charge in [0, 0.05) is 49.2 Å². The van der Waals surface area contributed by atoms with Gasteiger partial charge < -0.3 is 20.7 Å². The third kappa shape index (κ3) is 14.0. The van der Waals surface area contributed by atoms with Crippen molar-refractivity contribution in [1.82, 2.24) is 15.3 Å². The van der Waals surface area contributed by atoms with Gasteiger partial charge in [0.1, 0.15) is 5.75 Å².